The van der Waals surface area contributed by atoms with Crippen LogP contribution in [-0.4, -0.2) is 35.6 Å². The van der Waals surface area contributed by atoms with Gasteiger partial charge in [0.05, 0.1) is 10.7 Å². The third-order valence-electron chi connectivity index (χ3n) is 3.37. The molecular weight excluding hydrogens is 230 g/mol. The zero-order valence-corrected chi connectivity index (χ0v) is 11.7. The number of nitrogens with zero attached hydrogens (tertiary/aromatic N) is 2. The molecule has 1 fully saturated rings. The van der Waals surface area contributed by atoms with Crippen LogP contribution in [0, 0.1) is 6.92 Å². The van der Waals surface area contributed by atoms with E-state index in [4.69, 9.17) is 0 Å². The van der Waals surface area contributed by atoms with Crippen LogP contribution in [0.25, 0.3) is 0 Å². The molecule has 2 heterocycles. The highest BCUT2D eigenvalue weighted by Gasteiger charge is 2.20. The number of thiazole rings is 1. The lowest BCUT2D eigenvalue weighted by molar-refractivity contribution is 0.152. The Morgan fingerprint density at radius 1 is 1.47 bits per heavy atom. The van der Waals surface area contributed by atoms with Gasteiger partial charge in [-0.1, -0.05) is 6.92 Å². The third-order valence-corrected chi connectivity index (χ3v) is 4.19. The number of hydrogen-bond donors (Lipinski definition) is 1. The van der Waals surface area contributed by atoms with Crippen molar-refractivity contribution in [1.29, 1.82) is 0 Å². The highest BCUT2D eigenvalue weighted by atomic mass is 32.1. The zero-order valence-electron chi connectivity index (χ0n) is 10.9. The van der Waals surface area contributed by atoms with Gasteiger partial charge >= 0.3 is 0 Å². The zero-order chi connectivity index (χ0) is 12.1. The lowest BCUT2D eigenvalue weighted by Gasteiger charge is -2.34. The molecule has 0 saturated carbocycles. The topological polar surface area (TPSA) is 28.2 Å². The largest absolute Gasteiger partial charge is 0.317 e. The van der Waals surface area contributed by atoms with Crippen molar-refractivity contribution in [1.82, 2.24) is 15.2 Å². The SMILES string of the molecule is CCCN(Cc1csc(C)n1)C1CCNCC1. The molecule has 0 radical (unpaired) electrons. The van der Waals surface area contributed by atoms with Crippen LogP contribution < -0.4 is 5.32 Å². The Morgan fingerprint density at radius 2 is 2.24 bits per heavy atom. The van der Waals surface area contributed by atoms with Crippen molar-refractivity contribution >= 4 is 11.3 Å². The van der Waals surface area contributed by atoms with E-state index in [0.29, 0.717) is 0 Å². The van der Waals surface area contributed by atoms with Crippen molar-refractivity contribution in [3.63, 3.8) is 0 Å². The average Bonchev–Trinajstić information content (AvgIpc) is 2.75. The first-order chi connectivity index (χ1) is 8.29. The molecule has 3 nitrogen and oxygen atoms in total. The molecule has 0 bridgehead atoms. The molecule has 1 aromatic heterocycles. The van der Waals surface area contributed by atoms with Crippen LogP contribution in [0.15, 0.2) is 5.38 Å². The van der Waals surface area contributed by atoms with Crippen LogP contribution in [0.1, 0.15) is 36.9 Å². The molecule has 1 aliphatic heterocycles. The minimum atomic E-state index is 0.748. The van der Waals surface area contributed by atoms with E-state index < -0.39 is 0 Å². The number of piperidine rings is 1. The number of hydrogen-bond acceptors (Lipinski definition) is 4. The van der Waals surface area contributed by atoms with Crippen LogP contribution >= 0.6 is 11.3 Å². The number of nitrogens with one attached hydrogen (secondary N) is 1. The quantitative estimate of drug-likeness (QED) is 0.873. The van der Waals surface area contributed by atoms with Crippen molar-refractivity contribution in [2.24, 2.45) is 0 Å². The monoisotopic (exact) mass is 253 g/mol. The standard InChI is InChI=1S/C13H23N3S/c1-3-8-16(13-4-6-14-7-5-13)9-12-10-17-11(2)15-12/h10,13-14H,3-9H2,1-2H3. The number of aromatic nitrogens is 1. The van der Waals surface area contributed by atoms with Gasteiger partial charge in [-0.3, -0.25) is 4.90 Å². The van der Waals surface area contributed by atoms with Crippen molar-refractivity contribution < 1.29 is 0 Å². The lowest BCUT2D eigenvalue weighted by Crippen LogP contribution is -2.43. The van der Waals surface area contributed by atoms with Gasteiger partial charge in [0.1, 0.15) is 0 Å². The molecule has 96 valence electrons. The summed E-state index contributed by atoms with van der Waals surface area (Å²) >= 11 is 1.76. The van der Waals surface area contributed by atoms with E-state index in [1.165, 1.54) is 49.6 Å². The maximum atomic E-state index is 4.59. The first kappa shape index (κ1) is 13.0. The van der Waals surface area contributed by atoms with Gasteiger partial charge in [0.25, 0.3) is 0 Å². The summed E-state index contributed by atoms with van der Waals surface area (Å²) in [5.74, 6) is 0. The highest BCUT2D eigenvalue weighted by molar-refractivity contribution is 7.09. The van der Waals surface area contributed by atoms with Gasteiger partial charge in [0.2, 0.25) is 0 Å². The summed E-state index contributed by atoms with van der Waals surface area (Å²) in [5.41, 5.74) is 1.25. The smallest absolute Gasteiger partial charge is 0.0897 e. The molecule has 0 amide bonds. The maximum Gasteiger partial charge on any atom is 0.0897 e. The van der Waals surface area contributed by atoms with Gasteiger partial charge in [-0.15, -0.1) is 11.3 Å². The van der Waals surface area contributed by atoms with E-state index in [9.17, 15) is 0 Å². The fraction of sp³-hybridized carbons (Fsp3) is 0.769. The van der Waals surface area contributed by atoms with Crippen LogP contribution in [0.5, 0.6) is 0 Å². The van der Waals surface area contributed by atoms with Crippen LogP contribution in [0.4, 0.5) is 0 Å². The number of aryl methyl sites for hydroxylation is 1. The Balaban J connectivity index is 1.95. The Morgan fingerprint density at radius 3 is 2.82 bits per heavy atom. The molecule has 17 heavy (non-hydrogen) atoms. The summed E-state index contributed by atoms with van der Waals surface area (Å²) in [6.45, 7) is 8.91. The predicted octanol–water partition coefficient (Wildman–Crippen LogP) is 2.42. The van der Waals surface area contributed by atoms with E-state index >= 15 is 0 Å². The highest BCUT2D eigenvalue weighted by Crippen LogP contribution is 2.17. The second-order valence-electron chi connectivity index (χ2n) is 4.81. The summed E-state index contributed by atoms with van der Waals surface area (Å²) in [7, 11) is 0. The van der Waals surface area contributed by atoms with E-state index in [1.54, 1.807) is 11.3 Å². The Labute approximate surface area is 108 Å². The van der Waals surface area contributed by atoms with Gasteiger partial charge < -0.3 is 5.32 Å². The lowest BCUT2D eigenvalue weighted by atomic mass is 10.0. The molecule has 0 aliphatic carbocycles. The van der Waals surface area contributed by atoms with Gasteiger partial charge in [0, 0.05) is 18.0 Å². The van der Waals surface area contributed by atoms with E-state index in [-0.39, 0.29) is 0 Å². The van der Waals surface area contributed by atoms with Crippen molar-refractivity contribution in [3.05, 3.63) is 16.1 Å². The molecular formula is C13H23N3S. The average molecular weight is 253 g/mol. The van der Waals surface area contributed by atoms with Crippen molar-refractivity contribution in [2.45, 2.75) is 45.7 Å². The summed E-state index contributed by atoms with van der Waals surface area (Å²) in [4.78, 5) is 7.21. The van der Waals surface area contributed by atoms with E-state index in [1.807, 2.05) is 0 Å². The first-order valence-corrected chi connectivity index (χ1v) is 7.53. The molecule has 0 spiro atoms. The maximum absolute atomic E-state index is 4.59. The van der Waals surface area contributed by atoms with E-state index in [2.05, 4.69) is 34.4 Å². The molecule has 0 unspecified atom stereocenters. The van der Waals surface area contributed by atoms with Gasteiger partial charge in [-0.25, -0.2) is 4.98 Å². The second-order valence-corrected chi connectivity index (χ2v) is 5.87. The molecule has 0 aromatic carbocycles. The Hall–Kier alpha value is -0.450. The van der Waals surface area contributed by atoms with E-state index in [0.717, 1.165) is 12.6 Å². The van der Waals surface area contributed by atoms with Crippen molar-refractivity contribution in [3.8, 4) is 0 Å². The second kappa shape index (κ2) is 6.47. The molecule has 0 atom stereocenters. The van der Waals surface area contributed by atoms with Gasteiger partial charge in [-0.2, -0.15) is 0 Å². The summed E-state index contributed by atoms with van der Waals surface area (Å²) in [6, 6.07) is 0.748. The normalized spacial score (nSPS) is 17.8. The van der Waals surface area contributed by atoms with Gasteiger partial charge in [0.15, 0.2) is 0 Å². The van der Waals surface area contributed by atoms with Crippen molar-refractivity contribution in [2.75, 3.05) is 19.6 Å². The summed E-state index contributed by atoms with van der Waals surface area (Å²) < 4.78 is 0. The fourth-order valence-electron chi connectivity index (χ4n) is 2.54. The molecule has 1 aliphatic rings. The molecule has 2 rings (SSSR count). The molecule has 4 heteroatoms. The third kappa shape index (κ3) is 3.76. The minimum Gasteiger partial charge on any atom is -0.317 e. The van der Waals surface area contributed by atoms with Crippen LogP contribution in [-0.2, 0) is 6.54 Å². The molecule has 1 aromatic rings. The predicted molar refractivity (Wildman–Crippen MR) is 73.4 cm³/mol. The Kier molecular flexibility index (Phi) is 4.95. The van der Waals surface area contributed by atoms with Crippen LogP contribution in [0.3, 0.4) is 0 Å². The fourth-order valence-corrected chi connectivity index (χ4v) is 3.14. The Bertz CT molecular complexity index is 331. The molecule has 1 saturated heterocycles. The van der Waals surface area contributed by atoms with Crippen LogP contribution in [0.2, 0.25) is 0 Å². The number of rotatable bonds is 5. The van der Waals surface area contributed by atoms with Gasteiger partial charge in [-0.05, 0) is 45.8 Å². The molecule has 1 N–H and O–H groups in total. The summed E-state index contributed by atoms with van der Waals surface area (Å²) in [5, 5.41) is 6.83. The minimum absolute atomic E-state index is 0.748. The summed E-state index contributed by atoms with van der Waals surface area (Å²) in [6.07, 6.45) is 3.79. The first-order valence-electron chi connectivity index (χ1n) is 6.65.